The molecule has 3 rings (SSSR count). The first-order valence-corrected chi connectivity index (χ1v) is 11.9. The number of rotatable bonds is 8. The van der Waals surface area contributed by atoms with E-state index in [1.807, 2.05) is 0 Å². The van der Waals surface area contributed by atoms with Crippen LogP contribution in [0.3, 0.4) is 0 Å². The topological polar surface area (TPSA) is 257 Å². The summed E-state index contributed by atoms with van der Waals surface area (Å²) in [7, 11) is 0. The first-order chi connectivity index (χ1) is 17.4. The summed E-state index contributed by atoms with van der Waals surface area (Å²) >= 11 is 0. The molecule has 0 bridgehead atoms. The van der Waals surface area contributed by atoms with Crippen LogP contribution in [0.4, 0.5) is 0 Å². The fourth-order valence-electron chi connectivity index (χ4n) is 4.70. The van der Waals surface area contributed by atoms with Gasteiger partial charge in [-0.1, -0.05) is 0 Å². The smallest absolute Gasteiger partial charge is 0.217 e. The fourth-order valence-corrected chi connectivity index (χ4v) is 4.70. The summed E-state index contributed by atoms with van der Waals surface area (Å²) in [5.74, 6) is -0.621. The van der Waals surface area contributed by atoms with E-state index >= 15 is 0 Å². The van der Waals surface area contributed by atoms with Gasteiger partial charge in [0.2, 0.25) is 5.91 Å². The summed E-state index contributed by atoms with van der Waals surface area (Å²) in [4.78, 5) is 11.9. The zero-order chi connectivity index (χ0) is 27.6. The predicted molar refractivity (Wildman–Crippen MR) is 116 cm³/mol. The summed E-state index contributed by atoms with van der Waals surface area (Å²) < 4.78 is 27.9. The molecule has 0 aromatic heterocycles. The minimum absolute atomic E-state index is 0.563. The molecule has 3 aliphatic heterocycles. The SMILES string of the molecule is CC(=O)NC1C(O)[C@H](O[C@@H]2OC(CO)[C@H](O)[C@H](O)C2O)[C@H](CO)O[C@H]1OC1[C@@H](O)[C@H](O)C(CO)O[C@@H]1C. The van der Waals surface area contributed by atoms with E-state index in [2.05, 4.69) is 5.32 Å². The number of carbonyl (C=O) groups is 1. The number of aliphatic hydroxyl groups is 9. The normalized spacial score (nSPS) is 49.0. The largest absolute Gasteiger partial charge is 0.394 e. The highest BCUT2D eigenvalue weighted by Crippen LogP contribution is 2.32. The van der Waals surface area contributed by atoms with Gasteiger partial charge in [0, 0.05) is 6.92 Å². The van der Waals surface area contributed by atoms with Crippen LogP contribution in [0.2, 0.25) is 0 Å². The Morgan fingerprint density at radius 2 is 1.19 bits per heavy atom. The predicted octanol–water partition coefficient (Wildman–Crippen LogP) is -6.36. The third-order valence-corrected chi connectivity index (χ3v) is 6.75. The lowest BCUT2D eigenvalue weighted by Gasteiger charge is -2.49. The van der Waals surface area contributed by atoms with Crippen molar-refractivity contribution in [3.63, 3.8) is 0 Å². The van der Waals surface area contributed by atoms with Gasteiger partial charge in [0.15, 0.2) is 12.6 Å². The molecule has 0 spiro atoms. The van der Waals surface area contributed by atoms with Crippen molar-refractivity contribution in [1.82, 2.24) is 5.32 Å². The van der Waals surface area contributed by atoms with E-state index in [9.17, 15) is 50.8 Å². The lowest BCUT2D eigenvalue weighted by Crippen LogP contribution is -2.69. The summed E-state index contributed by atoms with van der Waals surface area (Å²) in [5, 5.41) is 93.3. The first kappa shape index (κ1) is 30.5. The number of nitrogens with one attached hydrogen (secondary N) is 1. The first-order valence-electron chi connectivity index (χ1n) is 11.9. The van der Waals surface area contributed by atoms with Crippen LogP contribution >= 0.6 is 0 Å². The molecule has 0 aromatic rings. The fraction of sp³-hybridized carbons (Fsp3) is 0.952. The minimum Gasteiger partial charge on any atom is -0.394 e. The van der Waals surface area contributed by atoms with Crippen molar-refractivity contribution in [3.05, 3.63) is 0 Å². The molecule has 0 saturated carbocycles. The second-order valence-electron chi connectivity index (χ2n) is 9.38. The zero-order valence-electron chi connectivity index (χ0n) is 20.3. The maximum absolute atomic E-state index is 11.9. The third-order valence-electron chi connectivity index (χ3n) is 6.75. The van der Waals surface area contributed by atoms with Crippen LogP contribution in [0, 0.1) is 0 Å². The monoisotopic (exact) mass is 543 g/mol. The number of amides is 1. The molecule has 1 amide bonds. The molecular weight excluding hydrogens is 506 g/mol. The van der Waals surface area contributed by atoms with Gasteiger partial charge in [-0.15, -0.1) is 0 Å². The van der Waals surface area contributed by atoms with Crippen molar-refractivity contribution in [1.29, 1.82) is 0 Å². The highest BCUT2D eigenvalue weighted by atomic mass is 16.7. The van der Waals surface area contributed by atoms with E-state index in [0.29, 0.717) is 0 Å². The Balaban J connectivity index is 1.81. The van der Waals surface area contributed by atoms with Gasteiger partial charge in [-0.3, -0.25) is 4.79 Å². The Bertz CT molecular complexity index is 745. The van der Waals surface area contributed by atoms with Crippen molar-refractivity contribution in [2.75, 3.05) is 19.8 Å². The molecule has 3 saturated heterocycles. The van der Waals surface area contributed by atoms with Crippen molar-refractivity contribution < 1.29 is 74.4 Å². The number of aliphatic hydroxyl groups excluding tert-OH is 9. The second-order valence-corrected chi connectivity index (χ2v) is 9.38. The number of ether oxygens (including phenoxy) is 5. The van der Waals surface area contributed by atoms with E-state index in [4.69, 9.17) is 23.7 Å². The number of carbonyl (C=O) groups excluding carboxylic acids is 1. The van der Waals surface area contributed by atoms with E-state index in [-0.39, 0.29) is 0 Å². The summed E-state index contributed by atoms with van der Waals surface area (Å²) in [6, 6.07) is -1.37. The molecular formula is C21H37NO15. The van der Waals surface area contributed by atoms with Gasteiger partial charge in [0.1, 0.15) is 73.2 Å². The maximum atomic E-state index is 11.9. The van der Waals surface area contributed by atoms with E-state index < -0.39 is 118 Å². The molecule has 3 heterocycles. The highest BCUT2D eigenvalue weighted by Gasteiger charge is 2.53. The van der Waals surface area contributed by atoms with Gasteiger partial charge >= 0.3 is 0 Å². The molecule has 6 unspecified atom stereocenters. The van der Waals surface area contributed by atoms with Crippen molar-refractivity contribution >= 4 is 5.91 Å². The van der Waals surface area contributed by atoms with Gasteiger partial charge < -0.3 is 75.0 Å². The van der Waals surface area contributed by atoms with E-state index in [1.165, 1.54) is 6.92 Å². The van der Waals surface area contributed by atoms with Crippen molar-refractivity contribution in [3.8, 4) is 0 Å². The Labute approximate surface area is 211 Å². The van der Waals surface area contributed by atoms with Crippen LogP contribution in [-0.4, -0.2) is 164 Å². The van der Waals surface area contributed by atoms with Crippen LogP contribution in [0.25, 0.3) is 0 Å². The molecule has 10 N–H and O–H groups in total. The van der Waals surface area contributed by atoms with E-state index in [1.54, 1.807) is 0 Å². The molecule has 0 aliphatic carbocycles. The van der Waals surface area contributed by atoms with Crippen molar-refractivity contribution in [2.45, 2.75) is 106 Å². The Morgan fingerprint density at radius 3 is 1.76 bits per heavy atom. The maximum Gasteiger partial charge on any atom is 0.217 e. The lowest BCUT2D eigenvalue weighted by atomic mass is 9.93. The Kier molecular flexibility index (Phi) is 10.6. The summed E-state index contributed by atoms with van der Waals surface area (Å²) in [5.41, 5.74) is 0. The molecule has 3 aliphatic rings. The Hall–Kier alpha value is -1.09. The third kappa shape index (κ3) is 6.39. The molecule has 16 heteroatoms. The molecule has 216 valence electrons. The molecule has 0 aromatic carbocycles. The van der Waals surface area contributed by atoms with Gasteiger partial charge in [0.25, 0.3) is 0 Å². The van der Waals surface area contributed by atoms with Crippen LogP contribution < -0.4 is 5.32 Å². The van der Waals surface area contributed by atoms with Gasteiger partial charge in [-0.05, 0) is 6.92 Å². The standard InChI is InChI=1S/C21H37NO15/c1-6-18(16(31)13(28)8(3-23)33-6)36-20-11(22-7(2)26)14(29)19(10(5-25)35-20)37-21-17(32)15(30)12(27)9(4-24)34-21/h6,8-21,23-25,27-32H,3-5H2,1-2H3,(H,22,26)/t6-,8?,9?,10+,11?,12+,13-,14?,15+,16+,17?,18?,19-,20+,21+/m1/s1. The average Bonchev–Trinajstić information content (AvgIpc) is 2.86. The van der Waals surface area contributed by atoms with Crippen LogP contribution in [0.1, 0.15) is 13.8 Å². The van der Waals surface area contributed by atoms with Crippen LogP contribution in [0.5, 0.6) is 0 Å². The average molecular weight is 544 g/mol. The Morgan fingerprint density at radius 1 is 0.676 bits per heavy atom. The van der Waals surface area contributed by atoms with Gasteiger partial charge in [0.05, 0.1) is 25.9 Å². The van der Waals surface area contributed by atoms with E-state index in [0.717, 1.165) is 6.92 Å². The van der Waals surface area contributed by atoms with Crippen LogP contribution in [-0.2, 0) is 28.5 Å². The lowest BCUT2D eigenvalue weighted by molar-refractivity contribution is -0.359. The molecule has 0 radical (unpaired) electrons. The molecule has 3 fully saturated rings. The minimum atomic E-state index is -1.81. The quantitative estimate of drug-likeness (QED) is 0.137. The zero-order valence-corrected chi connectivity index (χ0v) is 20.3. The highest BCUT2D eigenvalue weighted by molar-refractivity contribution is 5.73. The van der Waals surface area contributed by atoms with Gasteiger partial charge in [-0.2, -0.15) is 0 Å². The summed E-state index contributed by atoms with van der Waals surface area (Å²) in [6.07, 6.45) is -20.5. The number of hydrogen-bond donors (Lipinski definition) is 10. The molecule has 16 nitrogen and oxygen atoms in total. The van der Waals surface area contributed by atoms with Crippen molar-refractivity contribution in [2.24, 2.45) is 0 Å². The van der Waals surface area contributed by atoms with Crippen LogP contribution in [0.15, 0.2) is 0 Å². The molecule has 37 heavy (non-hydrogen) atoms. The number of hydrogen-bond acceptors (Lipinski definition) is 15. The summed E-state index contributed by atoms with van der Waals surface area (Å²) in [6.45, 7) is 0.595. The molecule has 15 atom stereocenters. The van der Waals surface area contributed by atoms with Gasteiger partial charge in [-0.25, -0.2) is 0 Å². The second kappa shape index (κ2) is 12.8.